The van der Waals surface area contributed by atoms with Crippen molar-refractivity contribution in [3.63, 3.8) is 0 Å². The molecule has 0 amide bonds. The molecule has 3 rings (SSSR count). The van der Waals surface area contributed by atoms with Gasteiger partial charge >= 0.3 is 0 Å². The second kappa shape index (κ2) is 10.2. The van der Waals surface area contributed by atoms with E-state index in [0.29, 0.717) is 5.69 Å². The number of hydrogen-bond donors (Lipinski definition) is 2. The van der Waals surface area contributed by atoms with Crippen LogP contribution in [0.15, 0.2) is 75.7 Å². The van der Waals surface area contributed by atoms with E-state index >= 15 is 0 Å². The molecule has 0 fully saturated rings. The summed E-state index contributed by atoms with van der Waals surface area (Å²) in [7, 11) is -1.08. The summed E-state index contributed by atoms with van der Waals surface area (Å²) in [6.45, 7) is 0.218. The predicted octanol–water partition coefficient (Wildman–Crippen LogP) is 2.37. The maximum Gasteiger partial charge on any atom is 0.235 e. The van der Waals surface area contributed by atoms with E-state index < -0.39 is 9.84 Å². The Bertz CT molecular complexity index is 1240. The van der Waals surface area contributed by atoms with Crippen molar-refractivity contribution in [2.24, 2.45) is 4.99 Å². The molecule has 2 N–H and O–H groups in total. The van der Waals surface area contributed by atoms with E-state index in [1.54, 1.807) is 36.7 Å². The van der Waals surface area contributed by atoms with Gasteiger partial charge in [-0.1, -0.05) is 12.1 Å². The molecular formula is C21H20N6O4S. The Morgan fingerprint density at radius 3 is 2.41 bits per heavy atom. The van der Waals surface area contributed by atoms with Crippen LogP contribution in [0.4, 0.5) is 5.69 Å². The van der Waals surface area contributed by atoms with Crippen molar-refractivity contribution in [2.75, 3.05) is 19.5 Å². The van der Waals surface area contributed by atoms with Crippen LogP contribution in [0.2, 0.25) is 0 Å². The quantitative estimate of drug-likeness (QED) is 0.239. The number of aliphatic imine (C=N–C) groups is 1. The lowest BCUT2D eigenvalue weighted by atomic mass is 10.2. The van der Waals surface area contributed by atoms with Crippen molar-refractivity contribution in [1.82, 2.24) is 15.3 Å². The van der Waals surface area contributed by atoms with E-state index in [9.17, 15) is 8.42 Å². The van der Waals surface area contributed by atoms with Gasteiger partial charge in [-0.3, -0.25) is 10.3 Å². The van der Waals surface area contributed by atoms with Gasteiger partial charge in [0.05, 0.1) is 25.7 Å². The number of nitrogens with zero attached hydrogens (tertiary/aromatic N) is 4. The zero-order valence-corrected chi connectivity index (χ0v) is 18.1. The summed E-state index contributed by atoms with van der Waals surface area (Å²) < 4.78 is 36.2. The highest BCUT2D eigenvalue weighted by Gasteiger charge is 2.23. The van der Waals surface area contributed by atoms with Crippen molar-refractivity contribution in [3.8, 4) is 18.0 Å². The molecule has 0 saturated heterocycles. The minimum absolute atomic E-state index is 0.0487. The number of guanidine groups is 1. The number of ether oxygens (including phenoxy) is 2. The second-order valence-corrected chi connectivity index (χ2v) is 8.19. The number of aromatic nitrogens is 2. The first-order valence-electron chi connectivity index (χ1n) is 9.27. The Labute approximate surface area is 185 Å². The summed E-state index contributed by atoms with van der Waals surface area (Å²) in [5, 5.41) is 14.4. The van der Waals surface area contributed by atoms with Crippen molar-refractivity contribution in [3.05, 3.63) is 66.5 Å². The SMILES string of the molecule is COc1ccc(S(=O)(=O)c2ccc(CN=C(NC#N)Nc3ccncc3)cc2)c(OC)n1. The molecule has 0 aliphatic heterocycles. The maximum absolute atomic E-state index is 13.0. The molecule has 0 saturated carbocycles. The Kier molecular flexibility index (Phi) is 7.20. The topological polar surface area (TPSA) is 139 Å². The van der Waals surface area contributed by atoms with Crippen LogP contribution in [0.1, 0.15) is 5.56 Å². The minimum atomic E-state index is -3.86. The van der Waals surface area contributed by atoms with Crippen LogP contribution in [0.5, 0.6) is 11.8 Å². The van der Waals surface area contributed by atoms with E-state index in [4.69, 9.17) is 14.7 Å². The Morgan fingerprint density at radius 2 is 1.78 bits per heavy atom. The van der Waals surface area contributed by atoms with Gasteiger partial charge < -0.3 is 14.8 Å². The number of benzene rings is 1. The molecule has 0 aliphatic carbocycles. The molecule has 2 heterocycles. The summed E-state index contributed by atoms with van der Waals surface area (Å²) in [5.41, 5.74) is 1.46. The van der Waals surface area contributed by atoms with Crippen molar-refractivity contribution in [1.29, 1.82) is 5.26 Å². The highest BCUT2D eigenvalue weighted by atomic mass is 32.2. The van der Waals surface area contributed by atoms with E-state index in [1.807, 2.05) is 6.19 Å². The van der Waals surface area contributed by atoms with Gasteiger partial charge in [0.15, 0.2) is 6.19 Å². The molecule has 164 valence electrons. The summed E-state index contributed by atoms with van der Waals surface area (Å²) in [5.74, 6) is 0.452. The zero-order valence-electron chi connectivity index (χ0n) is 17.3. The first kappa shape index (κ1) is 22.5. The van der Waals surface area contributed by atoms with Gasteiger partial charge in [0.2, 0.25) is 27.6 Å². The molecule has 32 heavy (non-hydrogen) atoms. The first-order valence-corrected chi connectivity index (χ1v) is 10.8. The fourth-order valence-electron chi connectivity index (χ4n) is 2.68. The van der Waals surface area contributed by atoms with Gasteiger partial charge in [0.25, 0.3) is 0 Å². The predicted molar refractivity (Wildman–Crippen MR) is 117 cm³/mol. The number of hydrogen-bond acceptors (Lipinski definition) is 8. The standard InChI is InChI=1S/C21H20N6O4S/c1-30-19-8-7-18(20(27-19)31-2)32(28,29)17-5-3-15(4-6-17)13-24-21(25-14-22)26-16-9-11-23-12-10-16/h3-12H,13H2,1-2H3,(H2,23,24,25,26). The molecule has 10 nitrogen and oxygen atoms in total. The number of pyridine rings is 2. The molecule has 11 heteroatoms. The highest BCUT2D eigenvalue weighted by Crippen LogP contribution is 2.29. The molecule has 0 bridgehead atoms. The number of anilines is 1. The lowest BCUT2D eigenvalue weighted by Crippen LogP contribution is -2.26. The fraction of sp³-hybridized carbons (Fsp3) is 0.143. The first-order chi connectivity index (χ1) is 15.5. The van der Waals surface area contributed by atoms with Crippen molar-refractivity contribution in [2.45, 2.75) is 16.3 Å². The van der Waals surface area contributed by atoms with Crippen LogP contribution in [0, 0.1) is 11.5 Å². The Morgan fingerprint density at radius 1 is 1.06 bits per heavy atom. The molecule has 1 aromatic carbocycles. The van der Waals surface area contributed by atoms with Crippen LogP contribution in [0.25, 0.3) is 0 Å². The highest BCUT2D eigenvalue weighted by molar-refractivity contribution is 7.91. The van der Waals surface area contributed by atoms with E-state index in [0.717, 1.165) is 5.56 Å². The van der Waals surface area contributed by atoms with E-state index in [2.05, 4.69) is 25.6 Å². The third kappa shape index (κ3) is 5.30. The number of nitriles is 1. The summed E-state index contributed by atoms with van der Waals surface area (Å²) in [6.07, 6.45) is 5.05. The number of methoxy groups -OCH3 is 2. The van der Waals surface area contributed by atoms with Crippen LogP contribution >= 0.6 is 0 Å². The maximum atomic E-state index is 13.0. The van der Waals surface area contributed by atoms with Crippen LogP contribution in [0.3, 0.4) is 0 Å². The van der Waals surface area contributed by atoms with Crippen molar-refractivity contribution < 1.29 is 17.9 Å². The van der Waals surface area contributed by atoms with Gasteiger partial charge in [-0.15, -0.1) is 0 Å². The monoisotopic (exact) mass is 452 g/mol. The van der Waals surface area contributed by atoms with E-state index in [1.165, 1.54) is 38.5 Å². The largest absolute Gasteiger partial charge is 0.481 e. The smallest absolute Gasteiger partial charge is 0.235 e. The Hall–Kier alpha value is -4.17. The average molecular weight is 452 g/mol. The minimum Gasteiger partial charge on any atom is -0.481 e. The second-order valence-electron chi connectivity index (χ2n) is 6.27. The Balaban J connectivity index is 1.79. The van der Waals surface area contributed by atoms with E-state index in [-0.39, 0.29) is 34.1 Å². The third-order valence-electron chi connectivity index (χ3n) is 4.26. The molecule has 0 unspecified atom stereocenters. The normalized spacial score (nSPS) is 11.3. The van der Waals surface area contributed by atoms with Crippen LogP contribution in [-0.2, 0) is 16.4 Å². The van der Waals surface area contributed by atoms with Gasteiger partial charge in [-0.05, 0) is 35.9 Å². The molecule has 2 aromatic heterocycles. The fourth-order valence-corrected chi connectivity index (χ4v) is 4.04. The molecule has 3 aromatic rings. The number of nitrogens with one attached hydrogen (secondary N) is 2. The number of rotatable bonds is 7. The molecular weight excluding hydrogens is 432 g/mol. The third-order valence-corrected chi connectivity index (χ3v) is 6.05. The summed E-state index contributed by atoms with van der Waals surface area (Å²) in [6, 6.07) is 12.6. The molecule has 0 atom stereocenters. The molecule has 0 aliphatic rings. The summed E-state index contributed by atoms with van der Waals surface area (Å²) in [4.78, 5) is 12.3. The lowest BCUT2D eigenvalue weighted by Gasteiger charge is -2.10. The molecule has 0 radical (unpaired) electrons. The van der Waals surface area contributed by atoms with Crippen LogP contribution in [-0.4, -0.2) is 38.6 Å². The average Bonchev–Trinajstić information content (AvgIpc) is 2.83. The number of sulfone groups is 1. The summed E-state index contributed by atoms with van der Waals surface area (Å²) >= 11 is 0. The van der Waals surface area contributed by atoms with Gasteiger partial charge in [0.1, 0.15) is 4.90 Å². The molecule has 0 spiro atoms. The van der Waals surface area contributed by atoms with Gasteiger partial charge in [-0.25, -0.2) is 13.4 Å². The van der Waals surface area contributed by atoms with Crippen LogP contribution < -0.4 is 20.1 Å². The van der Waals surface area contributed by atoms with Crippen molar-refractivity contribution >= 4 is 21.5 Å². The van der Waals surface area contributed by atoms with Gasteiger partial charge in [-0.2, -0.15) is 10.2 Å². The zero-order chi connectivity index (χ0) is 23.0. The van der Waals surface area contributed by atoms with Gasteiger partial charge in [0, 0.05) is 24.1 Å². The lowest BCUT2D eigenvalue weighted by molar-refractivity contribution is 0.356.